The van der Waals surface area contributed by atoms with Gasteiger partial charge in [0, 0.05) is 6.42 Å². The fraction of sp³-hybridized carbons (Fsp3) is 0.708. The summed E-state index contributed by atoms with van der Waals surface area (Å²) in [5.74, 6) is 0.535. The van der Waals surface area contributed by atoms with Gasteiger partial charge in [0.2, 0.25) is 5.91 Å². The van der Waals surface area contributed by atoms with Crippen LogP contribution in [0.2, 0.25) is 0 Å². The molecule has 7 heteroatoms. The van der Waals surface area contributed by atoms with Crippen molar-refractivity contribution in [3.63, 3.8) is 0 Å². The maximum absolute atomic E-state index is 11.0. The highest BCUT2D eigenvalue weighted by Crippen LogP contribution is 2.39. The van der Waals surface area contributed by atoms with E-state index in [4.69, 9.17) is 9.94 Å². The SMILES string of the molecule is COc1ccccc1CCC(O)CCC1C(O)CC(O)C1CCCCCCC(=O)NO. The molecule has 1 amide bonds. The normalized spacial score (nSPS) is 24.2. The van der Waals surface area contributed by atoms with Crippen LogP contribution >= 0.6 is 0 Å². The number of ether oxygens (including phenoxy) is 1. The van der Waals surface area contributed by atoms with Crippen LogP contribution in [0.4, 0.5) is 0 Å². The Morgan fingerprint density at radius 1 is 1.06 bits per heavy atom. The van der Waals surface area contributed by atoms with Crippen molar-refractivity contribution < 1.29 is 30.1 Å². The van der Waals surface area contributed by atoms with Gasteiger partial charge >= 0.3 is 0 Å². The maximum atomic E-state index is 11.0. The number of para-hydroxylation sites is 1. The zero-order valence-electron chi connectivity index (χ0n) is 18.6. The molecule has 0 aliphatic heterocycles. The van der Waals surface area contributed by atoms with Crippen molar-refractivity contribution >= 4 is 5.91 Å². The van der Waals surface area contributed by atoms with E-state index in [9.17, 15) is 20.1 Å². The van der Waals surface area contributed by atoms with Gasteiger partial charge in [-0.25, -0.2) is 5.48 Å². The predicted octanol–water partition coefficient (Wildman–Crippen LogP) is 2.97. The highest BCUT2D eigenvalue weighted by atomic mass is 16.5. The number of unbranched alkanes of at least 4 members (excludes halogenated alkanes) is 3. The van der Waals surface area contributed by atoms with Crippen LogP contribution < -0.4 is 10.2 Å². The first-order valence-corrected chi connectivity index (χ1v) is 11.5. The van der Waals surface area contributed by atoms with Crippen LogP contribution in [-0.2, 0) is 11.2 Å². The first-order chi connectivity index (χ1) is 15.0. The molecule has 1 fully saturated rings. The number of hydrogen-bond acceptors (Lipinski definition) is 6. The fourth-order valence-electron chi connectivity index (χ4n) is 4.82. The summed E-state index contributed by atoms with van der Waals surface area (Å²) < 4.78 is 5.36. The molecule has 176 valence electrons. The summed E-state index contributed by atoms with van der Waals surface area (Å²) in [6, 6.07) is 7.82. The molecule has 0 aromatic heterocycles. The largest absolute Gasteiger partial charge is 0.496 e. The van der Waals surface area contributed by atoms with Crippen LogP contribution in [0.5, 0.6) is 5.75 Å². The quantitative estimate of drug-likeness (QED) is 0.173. The van der Waals surface area contributed by atoms with Crippen molar-refractivity contribution in [1.82, 2.24) is 5.48 Å². The van der Waals surface area contributed by atoms with Crippen molar-refractivity contribution in [1.29, 1.82) is 0 Å². The zero-order chi connectivity index (χ0) is 22.6. The molecule has 5 atom stereocenters. The molecule has 1 aliphatic carbocycles. The van der Waals surface area contributed by atoms with Crippen molar-refractivity contribution in [2.75, 3.05) is 7.11 Å². The molecular formula is C24H39NO6. The molecule has 0 bridgehead atoms. The fourth-order valence-corrected chi connectivity index (χ4v) is 4.82. The Labute approximate surface area is 185 Å². The molecule has 1 aromatic carbocycles. The van der Waals surface area contributed by atoms with E-state index in [2.05, 4.69) is 0 Å². The number of benzene rings is 1. The summed E-state index contributed by atoms with van der Waals surface area (Å²) in [6.07, 6.45) is 6.28. The number of methoxy groups -OCH3 is 1. The second-order valence-corrected chi connectivity index (χ2v) is 8.77. The highest BCUT2D eigenvalue weighted by molar-refractivity contribution is 5.74. The summed E-state index contributed by atoms with van der Waals surface area (Å²) in [6.45, 7) is 0. The van der Waals surface area contributed by atoms with E-state index >= 15 is 0 Å². The standard InChI is InChI=1S/C24H39NO6/c1-31-23-10-7-6-8-17(23)12-13-18(26)14-15-20-19(21(27)16-22(20)28)9-4-2-3-5-11-24(29)25-30/h6-8,10,18-22,26-28,30H,2-5,9,11-16H2,1H3,(H,25,29). The summed E-state index contributed by atoms with van der Waals surface area (Å²) >= 11 is 0. The van der Waals surface area contributed by atoms with Crippen molar-refractivity contribution in [2.45, 2.75) is 88.9 Å². The second-order valence-electron chi connectivity index (χ2n) is 8.77. The Bertz CT molecular complexity index is 655. The Kier molecular flexibility index (Phi) is 11.3. The van der Waals surface area contributed by atoms with Gasteiger partial charge in [-0.05, 0) is 68.4 Å². The van der Waals surface area contributed by atoms with Crippen LogP contribution in [0.1, 0.15) is 69.8 Å². The maximum Gasteiger partial charge on any atom is 0.243 e. The Balaban J connectivity index is 1.72. The Morgan fingerprint density at radius 3 is 2.45 bits per heavy atom. The van der Waals surface area contributed by atoms with Gasteiger partial charge in [-0.15, -0.1) is 0 Å². The smallest absolute Gasteiger partial charge is 0.243 e. The molecule has 5 N–H and O–H groups in total. The van der Waals surface area contributed by atoms with E-state index < -0.39 is 18.3 Å². The van der Waals surface area contributed by atoms with Crippen LogP contribution in [0.15, 0.2) is 24.3 Å². The molecule has 1 saturated carbocycles. The van der Waals surface area contributed by atoms with E-state index in [0.717, 1.165) is 49.8 Å². The minimum Gasteiger partial charge on any atom is -0.496 e. The molecule has 0 radical (unpaired) electrons. The van der Waals surface area contributed by atoms with Gasteiger partial charge in [0.1, 0.15) is 5.75 Å². The highest BCUT2D eigenvalue weighted by Gasteiger charge is 2.40. The molecule has 0 saturated heterocycles. The van der Waals surface area contributed by atoms with Gasteiger partial charge in [-0.3, -0.25) is 10.0 Å². The third-order valence-corrected chi connectivity index (χ3v) is 6.61. The van der Waals surface area contributed by atoms with Crippen LogP contribution in [0, 0.1) is 11.8 Å². The van der Waals surface area contributed by atoms with Gasteiger partial charge < -0.3 is 20.1 Å². The average Bonchev–Trinajstić information content (AvgIpc) is 3.05. The molecule has 7 nitrogen and oxygen atoms in total. The zero-order valence-corrected chi connectivity index (χ0v) is 18.6. The number of aliphatic hydroxyl groups excluding tert-OH is 3. The van der Waals surface area contributed by atoms with Gasteiger partial charge in [0.25, 0.3) is 0 Å². The number of carbonyl (C=O) groups is 1. The number of carbonyl (C=O) groups excluding carboxylic acids is 1. The van der Waals surface area contributed by atoms with E-state index in [1.54, 1.807) is 12.6 Å². The first-order valence-electron chi connectivity index (χ1n) is 11.5. The lowest BCUT2D eigenvalue weighted by Crippen LogP contribution is -2.24. The van der Waals surface area contributed by atoms with Crippen LogP contribution in [0.25, 0.3) is 0 Å². The number of hydroxylamine groups is 1. The van der Waals surface area contributed by atoms with E-state index in [1.165, 1.54) is 0 Å². The van der Waals surface area contributed by atoms with Crippen molar-refractivity contribution in [3.8, 4) is 5.75 Å². The number of amides is 1. The van der Waals surface area contributed by atoms with Crippen LogP contribution in [0.3, 0.4) is 0 Å². The molecule has 5 unspecified atom stereocenters. The van der Waals surface area contributed by atoms with Gasteiger partial charge in [0.15, 0.2) is 0 Å². The number of aliphatic hydroxyl groups is 3. The third-order valence-electron chi connectivity index (χ3n) is 6.61. The number of aryl methyl sites for hydroxylation is 1. The molecule has 0 heterocycles. The second kappa shape index (κ2) is 13.7. The van der Waals surface area contributed by atoms with Gasteiger partial charge in [-0.1, -0.05) is 37.5 Å². The summed E-state index contributed by atoms with van der Waals surface area (Å²) in [5.41, 5.74) is 2.72. The Morgan fingerprint density at radius 2 is 1.74 bits per heavy atom. The lowest BCUT2D eigenvalue weighted by atomic mass is 9.84. The summed E-state index contributed by atoms with van der Waals surface area (Å²) in [7, 11) is 1.65. The summed E-state index contributed by atoms with van der Waals surface area (Å²) in [5, 5.41) is 39.8. The molecule has 31 heavy (non-hydrogen) atoms. The molecule has 2 rings (SSSR count). The molecule has 1 aliphatic rings. The average molecular weight is 438 g/mol. The minimum atomic E-state index is -0.519. The van der Waals surface area contributed by atoms with Gasteiger partial charge in [0.05, 0.1) is 25.4 Å². The molecular weight excluding hydrogens is 398 g/mol. The van der Waals surface area contributed by atoms with Crippen LogP contribution in [-0.4, -0.2) is 51.9 Å². The monoisotopic (exact) mass is 437 g/mol. The van der Waals surface area contributed by atoms with E-state index in [-0.39, 0.29) is 17.7 Å². The summed E-state index contributed by atoms with van der Waals surface area (Å²) in [4.78, 5) is 11.0. The minimum absolute atomic E-state index is 0.0103. The Hall–Kier alpha value is -1.67. The van der Waals surface area contributed by atoms with E-state index in [1.807, 2.05) is 24.3 Å². The van der Waals surface area contributed by atoms with Crippen molar-refractivity contribution in [3.05, 3.63) is 29.8 Å². The molecule has 0 spiro atoms. The van der Waals surface area contributed by atoms with Crippen molar-refractivity contribution in [2.24, 2.45) is 11.8 Å². The third kappa shape index (κ3) is 8.41. The first kappa shape index (κ1) is 25.6. The topological polar surface area (TPSA) is 119 Å². The van der Waals surface area contributed by atoms with Gasteiger partial charge in [-0.2, -0.15) is 0 Å². The number of nitrogens with one attached hydrogen (secondary N) is 1. The predicted molar refractivity (Wildman–Crippen MR) is 118 cm³/mol. The lowest BCUT2D eigenvalue weighted by Gasteiger charge is -2.24. The number of rotatable bonds is 14. The lowest BCUT2D eigenvalue weighted by molar-refractivity contribution is -0.129. The number of hydrogen-bond donors (Lipinski definition) is 5. The van der Waals surface area contributed by atoms with E-state index in [0.29, 0.717) is 32.1 Å². The molecule has 1 aromatic rings.